The first-order valence-electron chi connectivity index (χ1n) is 3.87. The van der Waals surface area contributed by atoms with E-state index in [0.717, 1.165) is 9.13 Å². The average Bonchev–Trinajstić information content (AvgIpc) is 2.08. The molecule has 1 rings (SSSR count). The molecule has 1 heterocycles. The molecule has 5 heteroatoms. The van der Waals surface area contributed by atoms with Crippen molar-refractivity contribution in [3.05, 3.63) is 21.4 Å². The molecule has 0 aromatic carbocycles. The van der Waals surface area contributed by atoms with Gasteiger partial charge in [0.15, 0.2) is 0 Å². The summed E-state index contributed by atoms with van der Waals surface area (Å²) in [4.78, 5) is 3.96. The molecule has 2 atom stereocenters. The fourth-order valence-corrected chi connectivity index (χ4v) is 1.42. The number of halogens is 1. The van der Waals surface area contributed by atoms with E-state index in [9.17, 15) is 5.11 Å². The first-order chi connectivity index (χ1) is 6.02. The van der Waals surface area contributed by atoms with E-state index in [0.29, 0.717) is 5.82 Å². The lowest BCUT2D eigenvalue weighted by Gasteiger charge is -2.14. The van der Waals surface area contributed by atoms with Crippen LogP contribution < -0.4 is 11.5 Å². The first kappa shape index (κ1) is 10.7. The van der Waals surface area contributed by atoms with E-state index in [1.807, 2.05) is 6.07 Å². The lowest BCUT2D eigenvalue weighted by molar-refractivity contribution is 0.164. The summed E-state index contributed by atoms with van der Waals surface area (Å²) >= 11 is 2.08. The van der Waals surface area contributed by atoms with Gasteiger partial charge in [-0.05, 0) is 41.1 Å². The molecule has 1 aromatic heterocycles. The number of aliphatic hydroxyl groups is 1. The Bertz CT molecular complexity index is 303. The molecule has 0 saturated heterocycles. The summed E-state index contributed by atoms with van der Waals surface area (Å²) in [5, 5.41) is 9.25. The van der Waals surface area contributed by atoms with Crippen LogP contribution in [0.1, 0.15) is 18.5 Å². The fraction of sp³-hybridized carbons (Fsp3) is 0.375. The van der Waals surface area contributed by atoms with Gasteiger partial charge >= 0.3 is 0 Å². The van der Waals surface area contributed by atoms with Crippen molar-refractivity contribution in [1.29, 1.82) is 0 Å². The Hall–Kier alpha value is -0.400. The van der Waals surface area contributed by atoms with Crippen molar-refractivity contribution in [2.24, 2.45) is 5.73 Å². The number of nitrogens with zero attached hydrogens (tertiary/aromatic N) is 1. The van der Waals surface area contributed by atoms with E-state index < -0.39 is 12.1 Å². The highest BCUT2D eigenvalue weighted by Gasteiger charge is 2.13. The third-order valence-corrected chi connectivity index (χ3v) is 2.66. The van der Waals surface area contributed by atoms with Crippen LogP contribution in [0.4, 0.5) is 5.82 Å². The van der Waals surface area contributed by atoms with E-state index in [4.69, 9.17) is 11.5 Å². The van der Waals surface area contributed by atoms with Crippen LogP contribution in [0.2, 0.25) is 0 Å². The number of pyridine rings is 1. The van der Waals surface area contributed by atoms with Crippen LogP contribution in [0.25, 0.3) is 0 Å². The zero-order valence-corrected chi connectivity index (χ0v) is 9.39. The summed E-state index contributed by atoms with van der Waals surface area (Å²) in [6.45, 7) is 1.65. The number of hydrogen-bond donors (Lipinski definition) is 3. The molecular weight excluding hydrogens is 281 g/mol. The SMILES string of the molecule is CC(O)C(N)c1cnc(N)c(I)c1. The number of hydrogen-bond acceptors (Lipinski definition) is 4. The summed E-state index contributed by atoms with van der Waals surface area (Å²) in [5.41, 5.74) is 12.1. The van der Waals surface area contributed by atoms with E-state index in [1.54, 1.807) is 13.1 Å². The summed E-state index contributed by atoms with van der Waals surface area (Å²) in [7, 11) is 0. The number of aromatic nitrogens is 1. The quantitative estimate of drug-likeness (QED) is 0.699. The zero-order valence-electron chi connectivity index (χ0n) is 7.24. The van der Waals surface area contributed by atoms with E-state index >= 15 is 0 Å². The Morgan fingerprint density at radius 1 is 1.62 bits per heavy atom. The minimum atomic E-state index is -0.582. The topological polar surface area (TPSA) is 85.2 Å². The van der Waals surface area contributed by atoms with Gasteiger partial charge in [0.25, 0.3) is 0 Å². The van der Waals surface area contributed by atoms with E-state index in [-0.39, 0.29) is 0 Å². The van der Waals surface area contributed by atoms with Gasteiger partial charge in [-0.1, -0.05) is 0 Å². The molecule has 0 amide bonds. The summed E-state index contributed by atoms with van der Waals surface area (Å²) in [5.74, 6) is 0.488. The second-order valence-electron chi connectivity index (χ2n) is 2.90. The lowest BCUT2D eigenvalue weighted by atomic mass is 10.1. The van der Waals surface area contributed by atoms with Gasteiger partial charge in [0.2, 0.25) is 0 Å². The van der Waals surface area contributed by atoms with Crippen LogP contribution in [0.3, 0.4) is 0 Å². The number of nitrogen functional groups attached to an aromatic ring is 1. The Morgan fingerprint density at radius 2 is 2.23 bits per heavy atom. The highest BCUT2D eigenvalue weighted by Crippen LogP contribution is 2.19. The number of anilines is 1. The van der Waals surface area contributed by atoms with Gasteiger partial charge in [-0.2, -0.15) is 0 Å². The number of rotatable bonds is 2. The molecule has 4 nitrogen and oxygen atoms in total. The molecule has 1 aromatic rings. The van der Waals surface area contributed by atoms with Crippen LogP contribution in [-0.4, -0.2) is 16.2 Å². The molecule has 72 valence electrons. The van der Waals surface area contributed by atoms with Gasteiger partial charge in [0.1, 0.15) is 5.82 Å². The highest BCUT2D eigenvalue weighted by atomic mass is 127. The molecule has 0 saturated carbocycles. The van der Waals surface area contributed by atoms with Gasteiger partial charge in [0.05, 0.1) is 15.7 Å². The molecule has 0 spiro atoms. The minimum absolute atomic E-state index is 0.401. The second kappa shape index (κ2) is 4.21. The van der Waals surface area contributed by atoms with Gasteiger partial charge in [0, 0.05) is 6.20 Å². The van der Waals surface area contributed by atoms with Gasteiger partial charge < -0.3 is 16.6 Å². The number of aliphatic hydroxyl groups excluding tert-OH is 1. The molecule has 2 unspecified atom stereocenters. The predicted octanol–water partition coefficient (Wildman–Crippen LogP) is 0.649. The van der Waals surface area contributed by atoms with Crippen molar-refractivity contribution in [2.45, 2.75) is 19.1 Å². The molecule has 0 bridgehead atoms. The average molecular weight is 293 g/mol. The maximum Gasteiger partial charge on any atom is 0.136 e. The second-order valence-corrected chi connectivity index (χ2v) is 4.06. The van der Waals surface area contributed by atoms with E-state index in [1.165, 1.54) is 0 Å². The maximum atomic E-state index is 9.25. The Kier molecular flexibility index (Phi) is 3.46. The largest absolute Gasteiger partial charge is 0.391 e. The monoisotopic (exact) mass is 293 g/mol. The number of nitrogens with two attached hydrogens (primary N) is 2. The summed E-state index contributed by atoms with van der Waals surface area (Å²) < 4.78 is 0.853. The van der Waals surface area contributed by atoms with Crippen molar-refractivity contribution >= 4 is 28.4 Å². The Morgan fingerprint density at radius 3 is 2.69 bits per heavy atom. The highest BCUT2D eigenvalue weighted by molar-refractivity contribution is 14.1. The third-order valence-electron chi connectivity index (χ3n) is 1.80. The molecule has 0 radical (unpaired) electrons. The van der Waals surface area contributed by atoms with Crippen LogP contribution in [-0.2, 0) is 0 Å². The molecule has 0 aliphatic carbocycles. The van der Waals surface area contributed by atoms with E-state index in [2.05, 4.69) is 27.6 Å². The Balaban J connectivity index is 2.97. The smallest absolute Gasteiger partial charge is 0.136 e. The standard InChI is InChI=1S/C8H12IN3O/c1-4(13)7(10)5-2-6(9)8(11)12-3-5/h2-4,7,13H,10H2,1H3,(H2,11,12). The van der Waals surface area contributed by atoms with Gasteiger partial charge in [-0.25, -0.2) is 4.98 Å². The molecule has 0 aliphatic rings. The van der Waals surface area contributed by atoms with Crippen LogP contribution in [0.5, 0.6) is 0 Å². The van der Waals surface area contributed by atoms with Crippen LogP contribution >= 0.6 is 22.6 Å². The van der Waals surface area contributed by atoms with Crippen molar-refractivity contribution in [3.63, 3.8) is 0 Å². The molecular formula is C8H12IN3O. The third kappa shape index (κ3) is 2.52. The van der Waals surface area contributed by atoms with Crippen molar-refractivity contribution in [2.75, 3.05) is 5.73 Å². The fourth-order valence-electron chi connectivity index (χ4n) is 0.924. The molecule has 13 heavy (non-hydrogen) atoms. The summed E-state index contributed by atoms with van der Waals surface area (Å²) in [6, 6.07) is 1.43. The van der Waals surface area contributed by atoms with Gasteiger partial charge in [-0.3, -0.25) is 0 Å². The molecule has 5 N–H and O–H groups in total. The first-order valence-corrected chi connectivity index (χ1v) is 4.95. The molecule has 0 aliphatic heterocycles. The lowest BCUT2D eigenvalue weighted by Crippen LogP contribution is -2.23. The maximum absolute atomic E-state index is 9.25. The normalized spacial score (nSPS) is 15.4. The Labute approximate surface area is 90.5 Å². The minimum Gasteiger partial charge on any atom is -0.391 e. The van der Waals surface area contributed by atoms with Gasteiger partial charge in [-0.15, -0.1) is 0 Å². The van der Waals surface area contributed by atoms with Crippen LogP contribution in [0.15, 0.2) is 12.3 Å². The molecule has 0 fully saturated rings. The van der Waals surface area contributed by atoms with Crippen molar-refractivity contribution in [1.82, 2.24) is 4.98 Å². The predicted molar refractivity (Wildman–Crippen MR) is 60.0 cm³/mol. The van der Waals surface area contributed by atoms with Crippen LogP contribution in [0, 0.1) is 3.57 Å². The van der Waals surface area contributed by atoms with Crippen molar-refractivity contribution in [3.8, 4) is 0 Å². The van der Waals surface area contributed by atoms with Crippen molar-refractivity contribution < 1.29 is 5.11 Å². The zero-order chi connectivity index (χ0) is 10.0. The summed E-state index contributed by atoms with van der Waals surface area (Å²) in [6.07, 6.45) is 1.01.